The van der Waals surface area contributed by atoms with Gasteiger partial charge in [-0.05, 0) is 49.2 Å². The second-order valence-corrected chi connectivity index (χ2v) is 6.00. The highest BCUT2D eigenvalue weighted by molar-refractivity contribution is 9.10. The first kappa shape index (κ1) is 17.2. The molecule has 0 aliphatic rings. The first-order valence-corrected chi connectivity index (χ1v) is 8.11. The lowest BCUT2D eigenvalue weighted by Crippen LogP contribution is -2.20. The molecule has 0 saturated heterocycles. The Hall–Kier alpha value is -2.14. The average Bonchev–Trinajstić information content (AvgIpc) is 2.53. The van der Waals surface area contributed by atoms with Crippen molar-refractivity contribution >= 4 is 33.3 Å². The summed E-state index contributed by atoms with van der Waals surface area (Å²) in [5, 5.41) is 2.73. The van der Waals surface area contributed by atoms with Crippen LogP contribution in [0.4, 0.5) is 5.69 Å². The molecule has 2 aromatic carbocycles. The molecule has 0 saturated carbocycles. The number of benzene rings is 2. The Balaban J connectivity index is 1.98. The molecular formula is C18H18BrNO3. The molecule has 0 bridgehead atoms. The second-order valence-electron chi connectivity index (χ2n) is 5.08. The summed E-state index contributed by atoms with van der Waals surface area (Å²) in [7, 11) is 0. The predicted octanol–water partition coefficient (Wildman–Crippen LogP) is 4.23. The van der Waals surface area contributed by atoms with Gasteiger partial charge in [0.2, 0.25) is 0 Å². The highest BCUT2D eigenvalue weighted by atomic mass is 79.9. The number of carbonyl (C=O) groups is 2. The Bertz CT molecular complexity index is 728. The van der Waals surface area contributed by atoms with E-state index in [0.717, 1.165) is 16.5 Å². The summed E-state index contributed by atoms with van der Waals surface area (Å²) in [5.41, 5.74) is 2.17. The van der Waals surface area contributed by atoms with E-state index in [1.165, 1.54) is 6.92 Å². The van der Waals surface area contributed by atoms with Gasteiger partial charge in [-0.1, -0.05) is 35.0 Å². The number of aryl methyl sites for hydroxylation is 1. The molecule has 2 aromatic rings. The van der Waals surface area contributed by atoms with E-state index in [1.54, 1.807) is 24.3 Å². The molecule has 0 aromatic heterocycles. The van der Waals surface area contributed by atoms with Crippen LogP contribution in [0.3, 0.4) is 0 Å². The molecule has 23 heavy (non-hydrogen) atoms. The number of anilines is 1. The third-order valence-electron chi connectivity index (χ3n) is 3.32. The summed E-state index contributed by atoms with van der Waals surface area (Å²) in [5.74, 6) is 0.388. The number of rotatable bonds is 6. The summed E-state index contributed by atoms with van der Waals surface area (Å²) in [4.78, 5) is 23.4. The van der Waals surface area contributed by atoms with Crippen LogP contribution in [0.1, 0.15) is 29.8 Å². The predicted molar refractivity (Wildman–Crippen MR) is 94.1 cm³/mol. The number of nitrogens with one attached hydrogen (secondary N) is 1. The zero-order chi connectivity index (χ0) is 16.8. The van der Waals surface area contributed by atoms with Crippen molar-refractivity contribution in [3.05, 3.63) is 58.1 Å². The fraction of sp³-hybridized carbons (Fsp3) is 0.222. The van der Waals surface area contributed by atoms with Crippen LogP contribution in [0.15, 0.2) is 46.9 Å². The molecule has 4 nitrogen and oxygen atoms in total. The van der Waals surface area contributed by atoms with E-state index in [1.807, 2.05) is 25.1 Å². The van der Waals surface area contributed by atoms with Crippen molar-refractivity contribution in [1.29, 1.82) is 0 Å². The molecule has 0 spiro atoms. The van der Waals surface area contributed by atoms with Gasteiger partial charge in [-0.3, -0.25) is 9.59 Å². The maximum absolute atomic E-state index is 12.0. The fourth-order valence-corrected chi connectivity index (χ4v) is 2.53. The van der Waals surface area contributed by atoms with Gasteiger partial charge in [0.25, 0.3) is 5.91 Å². The number of carbonyl (C=O) groups excluding carboxylic acids is 2. The van der Waals surface area contributed by atoms with E-state index in [-0.39, 0.29) is 18.3 Å². The third-order valence-corrected chi connectivity index (χ3v) is 3.81. The smallest absolute Gasteiger partial charge is 0.262 e. The van der Waals surface area contributed by atoms with Gasteiger partial charge in [0.15, 0.2) is 12.4 Å². The normalized spacial score (nSPS) is 10.2. The van der Waals surface area contributed by atoms with Crippen LogP contribution in [0.2, 0.25) is 0 Å². The number of halogens is 1. The van der Waals surface area contributed by atoms with E-state index >= 15 is 0 Å². The molecule has 2 rings (SSSR count). The minimum Gasteiger partial charge on any atom is -0.483 e. The molecule has 0 atom stereocenters. The number of amides is 1. The van der Waals surface area contributed by atoms with E-state index in [4.69, 9.17) is 4.74 Å². The fourth-order valence-electron chi connectivity index (χ4n) is 2.12. The van der Waals surface area contributed by atoms with Crippen molar-refractivity contribution in [3.63, 3.8) is 0 Å². The topological polar surface area (TPSA) is 55.4 Å². The number of hydrogen-bond donors (Lipinski definition) is 1. The molecule has 0 fully saturated rings. The quantitative estimate of drug-likeness (QED) is 0.768. The molecule has 5 heteroatoms. The number of ether oxygens (including phenoxy) is 1. The van der Waals surface area contributed by atoms with Crippen molar-refractivity contribution in [3.8, 4) is 5.75 Å². The van der Waals surface area contributed by atoms with Gasteiger partial charge in [-0.25, -0.2) is 0 Å². The maximum atomic E-state index is 12.0. The van der Waals surface area contributed by atoms with E-state index in [9.17, 15) is 9.59 Å². The monoisotopic (exact) mass is 375 g/mol. The molecule has 0 aliphatic carbocycles. The molecular weight excluding hydrogens is 358 g/mol. The molecule has 0 unspecified atom stereocenters. The average molecular weight is 376 g/mol. The molecule has 0 aliphatic heterocycles. The van der Waals surface area contributed by atoms with Gasteiger partial charge >= 0.3 is 0 Å². The van der Waals surface area contributed by atoms with E-state index in [2.05, 4.69) is 21.2 Å². The Labute approximate surface area is 144 Å². The van der Waals surface area contributed by atoms with Crippen LogP contribution in [0.5, 0.6) is 5.75 Å². The van der Waals surface area contributed by atoms with E-state index < -0.39 is 0 Å². The highest BCUT2D eigenvalue weighted by Crippen LogP contribution is 2.23. The lowest BCUT2D eigenvalue weighted by atomic mass is 10.1. The number of hydrogen-bond acceptors (Lipinski definition) is 3. The molecule has 0 heterocycles. The first-order chi connectivity index (χ1) is 11.0. The van der Waals surface area contributed by atoms with Crippen LogP contribution < -0.4 is 10.1 Å². The lowest BCUT2D eigenvalue weighted by Gasteiger charge is -2.11. The van der Waals surface area contributed by atoms with Gasteiger partial charge < -0.3 is 10.1 Å². The second kappa shape index (κ2) is 7.92. The standard InChI is InChI=1S/C18H18BrNO3/c1-3-13-9-15(19)7-8-17(13)23-11-18(22)20-16-6-4-5-14(10-16)12(2)21/h4-10H,3,11H2,1-2H3,(H,20,22). The summed E-state index contributed by atoms with van der Waals surface area (Å²) >= 11 is 3.42. The van der Waals surface area contributed by atoms with Gasteiger partial charge in [0, 0.05) is 15.7 Å². The Morgan fingerprint density at radius 3 is 2.65 bits per heavy atom. The largest absolute Gasteiger partial charge is 0.483 e. The van der Waals surface area contributed by atoms with Crippen molar-refractivity contribution in [2.45, 2.75) is 20.3 Å². The van der Waals surface area contributed by atoms with Crippen LogP contribution in [-0.4, -0.2) is 18.3 Å². The Kier molecular flexibility index (Phi) is 5.93. The number of ketones is 1. The van der Waals surface area contributed by atoms with Crippen molar-refractivity contribution in [2.75, 3.05) is 11.9 Å². The maximum Gasteiger partial charge on any atom is 0.262 e. The zero-order valence-electron chi connectivity index (χ0n) is 13.1. The van der Waals surface area contributed by atoms with Crippen molar-refractivity contribution in [1.82, 2.24) is 0 Å². The highest BCUT2D eigenvalue weighted by Gasteiger charge is 2.08. The summed E-state index contributed by atoms with van der Waals surface area (Å²) in [6.07, 6.45) is 0.817. The summed E-state index contributed by atoms with van der Waals surface area (Å²) in [6.45, 7) is 3.44. The van der Waals surface area contributed by atoms with Gasteiger partial charge in [0.1, 0.15) is 5.75 Å². The van der Waals surface area contributed by atoms with E-state index in [0.29, 0.717) is 17.0 Å². The minimum absolute atomic E-state index is 0.0419. The van der Waals surface area contributed by atoms with Gasteiger partial charge in [0.05, 0.1) is 0 Å². The van der Waals surface area contributed by atoms with Crippen LogP contribution in [-0.2, 0) is 11.2 Å². The van der Waals surface area contributed by atoms with Crippen LogP contribution >= 0.6 is 15.9 Å². The Morgan fingerprint density at radius 2 is 1.96 bits per heavy atom. The molecule has 120 valence electrons. The molecule has 1 N–H and O–H groups in total. The summed E-state index contributed by atoms with van der Waals surface area (Å²) in [6, 6.07) is 12.5. The zero-order valence-corrected chi connectivity index (χ0v) is 14.6. The Morgan fingerprint density at radius 1 is 1.17 bits per heavy atom. The van der Waals surface area contributed by atoms with Crippen molar-refractivity contribution in [2.24, 2.45) is 0 Å². The first-order valence-electron chi connectivity index (χ1n) is 7.31. The number of Topliss-reactive ketones (excluding diaryl/α,β-unsaturated/α-hetero) is 1. The van der Waals surface area contributed by atoms with Crippen LogP contribution in [0, 0.1) is 0 Å². The van der Waals surface area contributed by atoms with Gasteiger partial charge in [-0.2, -0.15) is 0 Å². The van der Waals surface area contributed by atoms with Gasteiger partial charge in [-0.15, -0.1) is 0 Å². The molecule has 0 radical (unpaired) electrons. The summed E-state index contributed by atoms with van der Waals surface area (Å²) < 4.78 is 6.57. The lowest BCUT2D eigenvalue weighted by molar-refractivity contribution is -0.118. The SMILES string of the molecule is CCc1cc(Br)ccc1OCC(=O)Nc1cccc(C(C)=O)c1. The minimum atomic E-state index is -0.268. The van der Waals surface area contributed by atoms with Crippen LogP contribution in [0.25, 0.3) is 0 Å². The molecule has 1 amide bonds. The third kappa shape index (κ3) is 4.93. The van der Waals surface area contributed by atoms with Crippen molar-refractivity contribution < 1.29 is 14.3 Å².